The van der Waals surface area contributed by atoms with Crippen molar-refractivity contribution in [3.8, 4) is 0 Å². The molecule has 0 aliphatic carbocycles. The molecule has 1 aliphatic heterocycles. The molecule has 0 saturated carbocycles. The van der Waals surface area contributed by atoms with Gasteiger partial charge < -0.3 is 9.64 Å². The summed E-state index contributed by atoms with van der Waals surface area (Å²) in [4.78, 5) is 26.4. The highest BCUT2D eigenvalue weighted by Gasteiger charge is 2.37. The van der Waals surface area contributed by atoms with Gasteiger partial charge in [-0.2, -0.15) is 0 Å². The average molecular weight is 354 g/mol. The van der Waals surface area contributed by atoms with Crippen molar-refractivity contribution in [3.63, 3.8) is 0 Å². The van der Waals surface area contributed by atoms with E-state index in [2.05, 4.69) is 15.9 Å². The molecule has 0 saturated heterocycles. The number of fused-ring (bicyclic) bond motifs is 1. The van der Waals surface area contributed by atoms with Gasteiger partial charge in [-0.05, 0) is 44.9 Å². The van der Waals surface area contributed by atoms with E-state index in [1.165, 1.54) is 0 Å². The van der Waals surface area contributed by atoms with Gasteiger partial charge in [-0.1, -0.05) is 28.9 Å². The van der Waals surface area contributed by atoms with Crippen molar-refractivity contribution in [1.82, 2.24) is 4.90 Å². The number of benzene rings is 1. The number of esters is 1. The van der Waals surface area contributed by atoms with Crippen LogP contribution in [-0.2, 0) is 16.1 Å². The Hall–Kier alpha value is -1.36. The number of rotatable bonds is 3. The molecule has 114 valence electrons. The van der Waals surface area contributed by atoms with Gasteiger partial charge in [0.2, 0.25) is 0 Å². The third-order valence-electron chi connectivity index (χ3n) is 3.35. The van der Waals surface area contributed by atoms with Crippen LogP contribution in [0.3, 0.4) is 0 Å². The van der Waals surface area contributed by atoms with E-state index in [0.717, 1.165) is 10.0 Å². The first-order valence-electron chi connectivity index (χ1n) is 7.05. The molecule has 0 fully saturated rings. The number of amides is 1. The number of nitrogens with zero attached hydrogens (tertiary/aromatic N) is 1. The molecule has 1 aliphatic rings. The Morgan fingerprint density at radius 3 is 2.67 bits per heavy atom. The van der Waals surface area contributed by atoms with Crippen molar-refractivity contribution in [2.75, 3.05) is 0 Å². The lowest BCUT2D eigenvalue weighted by Crippen LogP contribution is -2.44. The minimum atomic E-state index is -0.552. The van der Waals surface area contributed by atoms with Gasteiger partial charge in [0.15, 0.2) is 0 Å². The SMILES string of the molecule is CCC(C(=O)OC(C)(C)C)N1Cc2ccc(Br)cc2C1=O. The number of halogens is 1. The maximum absolute atomic E-state index is 12.5. The van der Waals surface area contributed by atoms with Crippen molar-refractivity contribution in [2.45, 2.75) is 52.3 Å². The van der Waals surface area contributed by atoms with Crippen LogP contribution in [0.5, 0.6) is 0 Å². The van der Waals surface area contributed by atoms with Crippen LogP contribution in [0.2, 0.25) is 0 Å². The van der Waals surface area contributed by atoms with Crippen LogP contribution in [0.25, 0.3) is 0 Å². The third kappa shape index (κ3) is 3.46. The molecule has 1 atom stereocenters. The zero-order chi connectivity index (χ0) is 15.8. The summed E-state index contributed by atoms with van der Waals surface area (Å²) in [5.74, 6) is -0.450. The van der Waals surface area contributed by atoms with Crippen LogP contribution < -0.4 is 0 Å². The predicted octanol–water partition coefficient (Wildman–Crippen LogP) is 3.53. The predicted molar refractivity (Wildman–Crippen MR) is 83.9 cm³/mol. The topological polar surface area (TPSA) is 46.6 Å². The number of ether oxygens (including phenoxy) is 1. The van der Waals surface area contributed by atoms with Gasteiger partial charge in [0.25, 0.3) is 5.91 Å². The van der Waals surface area contributed by atoms with Crippen LogP contribution in [0, 0.1) is 0 Å². The van der Waals surface area contributed by atoms with E-state index in [0.29, 0.717) is 18.5 Å². The minimum Gasteiger partial charge on any atom is -0.458 e. The second kappa shape index (κ2) is 5.79. The lowest BCUT2D eigenvalue weighted by molar-refractivity contribution is -0.160. The normalized spacial score (nSPS) is 15.9. The van der Waals surface area contributed by atoms with Crippen LogP contribution in [0.15, 0.2) is 22.7 Å². The van der Waals surface area contributed by atoms with E-state index in [1.807, 2.05) is 39.8 Å². The van der Waals surface area contributed by atoms with Crippen LogP contribution >= 0.6 is 15.9 Å². The number of carbonyl (C=O) groups excluding carboxylic acids is 2. The van der Waals surface area contributed by atoms with Gasteiger partial charge >= 0.3 is 5.97 Å². The molecular formula is C16H20BrNO3. The van der Waals surface area contributed by atoms with Crippen LogP contribution in [0.4, 0.5) is 0 Å². The number of hydrogen-bond acceptors (Lipinski definition) is 3. The summed E-state index contributed by atoms with van der Waals surface area (Å²) in [6, 6.07) is 5.09. The number of carbonyl (C=O) groups is 2. The number of hydrogen-bond donors (Lipinski definition) is 0. The van der Waals surface area contributed by atoms with Crippen molar-refractivity contribution >= 4 is 27.8 Å². The first kappa shape index (κ1) is 16.0. The minimum absolute atomic E-state index is 0.107. The standard InChI is InChI=1S/C16H20BrNO3/c1-5-13(15(20)21-16(2,3)4)18-9-10-6-7-11(17)8-12(10)14(18)19/h6-8,13H,5,9H2,1-4H3. The fourth-order valence-corrected chi connectivity index (χ4v) is 2.79. The molecule has 0 radical (unpaired) electrons. The van der Waals surface area contributed by atoms with E-state index in [-0.39, 0.29) is 11.9 Å². The molecule has 0 N–H and O–H groups in total. The zero-order valence-electron chi connectivity index (χ0n) is 12.8. The molecule has 21 heavy (non-hydrogen) atoms. The molecule has 0 spiro atoms. The van der Waals surface area contributed by atoms with Crippen molar-refractivity contribution in [1.29, 1.82) is 0 Å². The van der Waals surface area contributed by atoms with Crippen molar-refractivity contribution in [3.05, 3.63) is 33.8 Å². The highest BCUT2D eigenvalue weighted by Crippen LogP contribution is 2.29. The molecule has 0 bridgehead atoms. The molecule has 1 aromatic rings. The van der Waals surface area contributed by atoms with Gasteiger partial charge in [-0.3, -0.25) is 4.79 Å². The summed E-state index contributed by atoms with van der Waals surface area (Å²) in [7, 11) is 0. The largest absolute Gasteiger partial charge is 0.458 e. The third-order valence-corrected chi connectivity index (χ3v) is 3.84. The van der Waals surface area contributed by atoms with E-state index < -0.39 is 11.6 Å². The Balaban J connectivity index is 2.22. The van der Waals surface area contributed by atoms with Gasteiger partial charge in [0, 0.05) is 16.6 Å². The quantitative estimate of drug-likeness (QED) is 0.781. The van der Waals surface area contributed by atoms with Gasteiger partial charge in [0.05, 0.1) is 0 Å². The van der Waals surface area contributed by atoms with Gasteiger partial charge in [-0.15, -0.1) is 0 Å². The second-order valence-electron chi connectivity index (χ2n) is 6.19. The molecule has 1 heterocycles. The molecule has 4 nitrogen and oxygen atoms in total. The zero-order valence-corrected chi connectivity index (χ0v) is 14.4. The fraction of sp³-hybridized carbons (Fsp3) is 0.500. The smallest absolute Gasteiger partial charge is 0.329 e. The monoisotopic (exact) mass is 353 g/mol. The highest BCUT2D eigenvalue weighted by atomic mass is 79.9. The molecule has 1 aromatic carbocycles. The molecule has 1 amide bonds. The van der Waals surface area contributed by atoms with Gasteiger partial charge in [-0.25, -0.2) is 4.79 Å². The van der Waals surface area contributed by atoms with E-state index in [4.69, 9.17) is 4.74 Å². The first-order valence-corrected chi connectivity index (χ1v) is 7.84. The fourth-order valence-electron chi connectivity index (χ4n) is 2.43. The molecular weight excluding hydrogens is 334 g/mol. The maximum Gasteiger partial charge on any atom is 0.329 e. The second-order valence-corrected chi connectivity index (χ2v) is 7.11. The summed E-state index contributed by atoms with van der Waals surface area (Å²) < 4.78 is 6.29. The Labute approximate surface area is 133 Å². The van der Waals surface area contributed by atoms with Gasteiger partial charge in [0.1, 0.15) is 11.6 Å². The Kier molecular flexibility index (Phi) is 4.42. The summed E-state index contributed by atoms with van der Waals surface area (Å²) in [6.45, 7) is 7.83. The summed E-state index contributed by atoms with van der Waals surface area (Å²) in [6.07, 6.45) is 0.538. The summed E-state index contributed by atoms with van der Waals surface area (Å²) in [5.41, 5.74) is 1.06. The van der Waals surface area contributed by atoms with E-state index in [1.54, 1.807) is 11.0 Å². The maximum atomic E-state index is 12.5. The molecule has 0 aromatic heterocycles. The highest BCUT2D eigenvalue weighted by molar-refractivity contribution is 9.10. The first-order chi connectivity index (χ1) is 9.73. The molecule has 1 unspecified atom stereocenters. The molecule has 2 rings (SSSR count). The Morgan fingerprint density at radius 1 is 1.43 bits per heavy atom. The van der Waals surface area contributed by atoms with Crippen molar-refractivity contribution < 1.29 is 14.3 Å². The Bertz CT molecular complexity index is 577. The van der Waals surface area contributed by atoms with E-state index in [9.17, 15) is 9.59 Å². The van der Waals surface area contributed by atoms with Crippen LogP contribution in [0.1, 0.15) is 50.0 Å². The lowest BCUT2D eigenvalue weighted by Gasteiger charge is -2.29. The average Bonchev–Trinajstić information content (AvgIpc) is 2.66. The summed E-state index contributed by atoms with van der Waals surface area (Å²) >= 11 is 3.37. The summed E-state index contributed by atoms with van der Waals surface area (Å²) in [5, 5.41) is 0. The Morgan fingerprint density at radius 2 is 2.10 bits per heavy atom. The van der Waals surface area contributed by atoms with Crippen LogP contribution in [-0.4, -0.2) is 28.4 Å². The van der Waals surface area contributed by atoms with Crippen molar-refractivity contribution in [2.24, 2.45) is 0 Å². The lowest BCUT2D eigenvalue weighted by atomic mass is 10.1. The molecule has 5 heteroatoms. The van der Waals surface area contributed by atoms with E-state index >= 15 is 0 Å².